The normalized spacial score (nSPS) is 15.9. The highest BCUT2D eigenvalue weighted by atomic mass is 32.2. The molecule has 6 nitrogen and oxygen atoms in total. The number of thioether (sulfide) groups is 1. The van der Waals surface area contributed by atoms with Gasteiger partial charge in [-0.2, -0.15) is 0 Å². The zero-order valence-corrected chi connectivity index (χ0v) is 12.9. The lowest BCUT2D eigenvalue weighted by Gasteiger charge is -2.01. The number of hydrogen-bond acceptors (Lipinski definition) is 5. The third-order valence-corrected chi connectivity index (χ3v) is 4.13. The fourth-order valence-electron chi connectivity index (χ4n) is 2.15. The molecule has 1 aromatic carbocycles. The number of nitrogens with one attached hydrogen (secondary N) is 2. The number of H-pyrrole nitrogens is 1. The Bertz CT molecular complexity index is 779. The van der Waals surface area contributed by atoms with E-state index in [4.69, 9.17) is 0 Å². The van der Waals surface area contributed by atoms with Crippen molar-refractivity contribution in [3.05, 3.63) is 58.5 Å². The first-order chi connectivity index (χ1) is 11.1. The minimum atomic E-state index is -0.390. The minimum absolute atomic E-state index is 0.0313. The van der Waals surface area contributed by atoms with Crippen LogP contribution in [-0.4, -0.2) is 26.9 Å². The predicted molar refractivity (Wildman–Crippen MR) is 86.8 cm³/mol. The molecule has 2 amide bonds. The first-order valence-electron chi connectivity index (χ1n) is 6.98. The maximum Gasteiger partial charge on any atom is 0.290 e. The minimum Gasteiger partial charge on any atom is -0.349 e. The zero-order chi connectivity index (χ0) is 16.2. The molecule has 1 aromatic heterocycles. The lowest BCUT2D eigenvalue weighted by atomic mass is 10.0. The van der Waals surface area contributed by atoms with Gasteiger partial charge in [0.05, 0.1) is 4.91 Å². The lowest BCUT2D eigenvalue weighted by molar-refractivity contribution is -0.115. The highest BCUT2D eigenvalue weighted by molar-refractivity contribution is 8.18. The molecule has 7 heteroatoms. The van der Waals surface area contributed by atoms with Crippen LogP contribution in [0.25, 0.3) is 6.08 Å². The summed E-state index contributed by atoms with van der Waals surface area (Å²) in [6.07, 6.45) is 5.95. The topological polar surface area (TPSA) is 91.9 Å². The maximum atomic E-state index is 12.1. The van der Waals surface area contributed by atoms with Gasteiger partial charge >= 0.3 is 0 Å². The molecule has 1 aliphatic rings. The molecule has 0 radical (unpaired) electrons. The fourth-order valence-corrected chi connectivity index (χ4v) is 2.83. The Morgan fingerprint density at radius 3 is 2.61 bits per heavy atom. The van der Waals surface area contributed by atoms with E-state index in [1.54, 1.807) is 42.7 Å². The Morgan fingerprint density at radius 1 is 1.22 bits per heavy atom. The predicted octanol–water partition coefficient (Wildman–Crippen LogP) is 2.55. The van der Waals surface area contributed by atoms with E-state index in [0.717, 1.165) is 23.1 Å². The first kappa shape index (κ1) is 15.2. The van der Waals surface area contributed by atoms with Gasteiger partial charge in [0.25, 0.3) is 11.1 Å². The van der Waals surface area contributed by atoms with Crippen LogP contribution in [0.1, 0.15) is 28.2 Å². The highest BCUT2D eigenvalue weighted by Crippen LogP contribution is 2.25. The average Bonchev–Trinajstić information content (AvgIpc) is 3.16. The molecule has 2 N–H and O–H groups in total. The van der Waals surface area contributed by atoms with E-state index >= 15 is 0 Å². The molecule has 116 valence electrons. The summed E-state index contributed by atoms with van der Waals surface area (Å²) in [5.41, 5.74) is 1.37. The molecule has 2 aromatic rings. The summed E-state index contributed by atoms with van der Waals surface area (Å²) in [5, 5.41) is 1.83. The van der Waals surface area contributed by atoms with Crippen LogP contribution in [0.5, 0.6) is 0 Å². The standard InChI is InChI=1S/C16H13N3O3S/c20-12(5-6-14-17-7-8-18-14)11-3-1-10(2-4-11)9-13-15(21)19-16(22)23-13/h1-4,7-9H,5-6H2,(H,17,18)(H,19,21,22). The molecule has 0 spiro atoms. The van der Waals surface area contributed by atoms with Gasteiger partial charge in [0.15, 0.2) is 5.78 Å². The number of hydrogen-bond donors (Lipinski definition) is 2. The van der Waals surface area contributed by atoms with Gasteiger partial charge in [-0.05, 0) is 23.4 Å². The van der Waals surface area contributed by atoms with Crippen LogP contribution < -0.4 is 5.32 Å². The van der Waals surface area contributed by atoms with Crippen LogP contribution in [0, 0.1) is 0 Å². The molecule has 23 heavy (non-hydrogen) atoms. The van der Waals surface area contributed by atoms with E-state index in [1.165, 1.54) is 0 Å². The highest BCUT2D eigenvalue weighted by Gasteiger charge is 2.24. The van der Waals surface area contributed by atoms with Crippen molar-refractivity contribution < 1.29 is 14.4 Å². The average molecular weight is 327 g/mol. The Labute approximate surface area is 136 Å². The number of aromatic nitrogens is 2. The number of benzene rings is 1. The van der Waals surface area contributed by atoms with Crippen molar-refractivity contribution >= 4 is 34.8 Å². The molecule has 1 fully saturated rings. The number of ketones is 1. The molecule has 0 unspecified atom stereocenters. The Hall–Kier alpha value is -2.67. The quantitative estimate of drug-likeness (QED) is 0.650. The number of amides is 2. The SMILES string of the molecule is O=C1NC(=O)C(=Cc2ccc(C(=O)CCc3ncc[nH]3)cc2)S1. The van der Waals surface area contributed by atoms with Crippen molar-refractivity contribution in [1.82, 2.24) is 15.3 Å². The summed E-state index contributed by atoms with van der Waals surface area (Å²) in [5.74, 6) is 0.427. The van der Waals surface area contributed by atoms with Crippen LogP contribution in [0.3, 0.4) is 0 Å². The van der Waals surface area contributed by atoms with Gasteiger partial charge in [0, 0.05) is 30.8 Å². The summed E-state index contributed by atoms with van der Waals surface area (Å²) in [4.78, 5) is 42.1. The van der Waals surface area contributed by atoms with Crippen LogP contribution in [-0.2, 0) is 11.2 Å². The van der Waals surface area contributed by atoms with Crippen LogP contribution in [0.4, 0.5) is 4.79 Å². The van der Waals surface area contributed by atoms with Crippen molar-refractivity contribution in [3.63, 3.8) is 0 Å². The van der Waals surface area contributed by atoms with Gasteiger partial charge in [-0.3, -0.25) is 19.7 Å². The van der Waals surface area contributed by atoms with E-state index in [-0.39, 0.29) is 11.0 Å². The van der Waals surface area contributed by atoms with E-state index in [1.807, 2.05) is 0 Å². The van der Waals surface area contributed by atoms with Gasteiger partial charge in [-0.25, -0.2) is 4.98 Å². The Kier molecular flexibility index (Phi) is 4.38. The third-order valence-electron chi connectivity index (χ3n) is 3.32. The van der Waals surface area contributed by atoms with Gasteiger partial charge < -0.3 is 4.98 Å². The van der Waals surface area contributed by atoms with E-state index in [0.29, 0.717) is 23.3 Å². The molecule has 1 aliphatic heterocycles. The van der Waals surface area contributed by atoms with Gasteiger partial charge in [-0.1, -0.05) is 24.3 Å². The molecular weight excluding hydrogens is 314 g/mol. The van der Waals surface area contributed by atoms with Crippen LogP contribution in [0.15, 0.2) is 41.6 Å². The van der Waals surface area contributed by atoms with Gasteiger partial charge in [-0.15, -0.1) is 0 Å². The number of imidazole rings is 1. The summed E-state index contributed by atoms with van der Waals surface area (Å²) in [7, 11) is 0. The molecule has 2 heterocycles. The second kappa shape index (κ2) is 6.62. The van der Waals surface area contributed by atoms with Crippen molar-refractivity contribution in [2.75, 3.05) is 0 Å². The number of imide groups is 1. The molecule has 3 rings (SSSR count). The molecule has 0 aliphatic carbocycles. The summed E-state index contributed by atoms with van der Waals surface area (Å²) in [6.45, 7) is 0. The van der Waals surface area contributed by atoms with E-state index in [9.17, 15) is 14.4 Å². The molecule has 0 saturated carbocycles. The lowest BCUT2D eigenvalue weighted by Crippen LogP contribution is -2.17. The number of carbonyl (C=O) groups is 3. The van der Waals surface area contributed by atoms with Crippen molar-refractivity contribution in [2.45, 2.75) is 12.8 Å². The zero-order valence-electron chi connectivity index (χ0n) is 12.0. The number of carbonyl (C=O) groups excluding carboxylic acids is 3. The Morgan fingerprint density at radius 2 is 2.00 bits per heavy atom. The van der Waals surface area contributed by atoms with Crippen LogP contribution in [0.2, 0.25) is 0 Å². The monoisotopic (exact) mass is 327 g/mol. The second-order valence-electron chi connectivity index (χ2n) is 4.93. The summed E-state index contributed by atoms with van der Waals surface area (Å²) >= 11 is 0.870. The van der Waals surface area contributed by atoms with Crippen LogP contribution >= 0.6 is 11.8 Å². The van der Waals surface area contributed by atoms with Gasteiger partial charge in [0.1, 0.15) is 5.82 Å². The number of rotatable bonds is 5. The Balaban J connectivity index is 1.65. The molecule has 0 bridgehead atoms. The molecule has 0 atom stereocenters. The fraction of sp³-hybridized carbons (Fsp3) is 0.125. The largest absolute Gasteiger partial charge is 0.349 e. The summed E-state index contributed by atoms with van der Waals surface area (Å²) in [6, 6.07) is 6.94. The second-order valence-corrected chi connectivity index (χ2v) is 5.95. The van der Waals surface area contributed by atoms with Crippen molar-refractivity contribution in [3.8, 4) is 0 Å². The third kappa shape index (κ3) is 3.75. The number of aryl methyl sites for hydroxylation is 1. The molecule has 1 saturated heterocycles. The smallest absolute Gasteiger partial charge is 0.290 e. The number of nitrogens with zero attached hydrogens (tertiary/aromatic N) is 1. The first-order valence-corrected chi connectivity index (χ1v) is 7.80. The number of Topliss-reactive ketones (excluding diaryl/α,β-unsaturated/α-hetero) is 1. The van der Waals surface area contributed by atoms with E-state index in [2.05, 4.69) is 15.3 Å². The maximum absolute atomic E-state index is 12.1. The molecular formula is C16H13N3O3S. The van der Waals surface area contributed by atoms with Gasteiger partial charge in [0.2, 0.25) is 0 Å². The number of aromatic amines is 1. The van der Waals surface area contributed by atoms with E-state index < -0.39 is 5.91 Å². The van der Waals surface area contributed by atoms with Crippen molar-refractivity contribution in [2.24, 2.45) is 0 Å². The van der Waals surface area contributed by atoms with Crippen molar-refractivity contribution in [1.29, 1.82) is 0 Å². The summed E-state index contributed by atoms with van der Waals surface area (Å²) < 4.78 is 0.